The van der Waals surface area contributed by atoms with Crippen LogP contribution in [0, 0.1) is 0 Å². The molecule has 1 spiro atoms. The molecule has 3 nitrogen and oxygen atoms in total. The Balaban J connectivity index is 0.00000108. The molecular formula is C13H24ClNO2. The van der Waals surface area contributed by atoms with Gasteiger partial charge in [0.1, 0.15) is 0 Å². The number of hydrogen-bond donors (Lipinski definition) is 0. The smallest absolute Gasteiger partial charge is 0.168 e. The minimum absolute atomic E-state index is 0. The van der Waals surface area contributed by atoms with Crippen LogP contribution in [0.1, 0.15) is 44.9 Å². The molecule has 0 bridgehead atoms. The highest BCUT2D eigenvalue weighted by Crippen LogP contribution is 2.37. The molecule has 0 aromatic rings. The molecule has 3 aliphatic rings. The number of ether oxygens (including phenoxy) is 2. The lowest BCUT2D eigenvalue weighted by Gasteiger charge is -2.41. The first kappa shape index (κ1) is 13.6. The number of piperidine rings is 1. The zero-order valence-corrected chi connectivity index (χ0v) is 11.3. The quantitative estimate of drug-likeness (QED) is 0.724. The van der Waals surface area contributed by atoms with Crippen molar-refractivity contribution in [1.29, 1.82) is 0 Å². The number of likely N-dealkylation sites (tertiary alicyclic amines) is 1. The molecule has 0 amide bonds. The Bertz CT molecular complexity index is 228. The van der Waals surface area contributed by atoms with Crippen LogP contribution in [-0.2, 0) is 9.47 Å². The van der Waals surface area contributed by atoms with Crippen LogP contribution in [0.25, 0.3) is 0 Å². The molecule has 0 unspecified atom stereocenters. The van der Waals surface area contributed by atoms with E-state index in [-0.39, 0.29) is 18.2 Å². The van der Waals surface area contributed by atoms with Crippen molar-refractivity contribution in [3.05, 3.63) is 0 Å². The number of hydrogen-bond acceptors (Lipinski definition) is 3. The molecule has 0 aromatic heterocycles. The van der Waals surface area contributed by atoms with E-state index in [0.29, 0.717) is 0 Å². The van der Waals surface area contributed by atoms with Crippen LogP contribution in [0.3, 0.4) is 0 Å². The summed E-state index contributed by atoms with van der Waals surface area (Å²) in [4.78, 5) is 2.70. The second kappa shape index (κ2) is 5.87. The van der Waals surface area contributed by atoms with Gasteiger partial charge in [0, 0.05) is 18.9 Å². The van der Waals surface area contributed by atoms with Gasteiger partial charge < -0.3 is 14.4 Å². The zero-order chi connectivity index (χ0) is 10.8. The highest BCUT2D eigenvalue weighted by molar-refractivity contribution is 5.85. The standard InChI is InChI=1S/C13H23NO2.ClH/c1-2-8-14(9-3-1)12-4-6-13(7-5-12)15-10-11-16-13;/h12H,1-11H2;1H. The summed E-state index contributed by atoms with van der Waals surface area (Å²) in [6.45, 7) is 4.24. The van der Waals surface area contributed by atoms with Crippen LogP contribution >= 0.6 is 12.4 Å². The van der Waals surface area contributed by atoms with Gasteiger partial charge in [0.25, 0.3) is 0 Å². The molecule has 3 fully saturated rings. The first-order chi connectivity index (χ1) is 7.88. The summed E-state index contributed by atoms with van der Waals surface area (Å²) >= 11 is 0. The molecular weight excluding hydrogens is 238 g/mol. The maximum absolute atomic E-state index is 5.78. The monoisotopic (exact) mass is 261 g/mol. The van der Waals surface area contributed by atoms with E-state index in [0.717, 1.165) is 32.1 Å². The van der Waals surface area contributed by atoms with E-state index in [4.69, 9.17) is 9.47 Å². The van der Waals surface area contributed by atoms with Crippen LogP contribution in [-0.4, -0.2) is 43.0 Å². The van der Waals surface area contributed by atoms with E-state index < -0.39 is 0 Å². The normalized spacial score (nSPS) is 30.4. The van der Waals surface area contributed by atoms with E-state index in [1.807, 2.05) is 0 Å². The van der Waals surface area contributed by atoms with E-state index in [9.17, 15) is 0 Å². The van der Waals surface area contributed by atoms with Gasteiger partial charge in [-0.1, -0.05) is 6.42 Å². The lowest BCUT2D eigenvalue weighted by molar-refractivity contribution is -0.184. The van der Waals surface area contributed by atoms with E-state index in [1.54, 1.807) is 0 Å². The fourth-order valence-corrected chi connectivity index (χ4v) is 3.48. The first-order valence-electron chi connectivity index (χ1n) is 6.90. The third-order valence-corrected chi connectivity index (χ3v) is 4.44. The molecule has 0 N–H and O–H groups in total. The number of nitrogens with zero attached hydrogens (tertiary/aromatic N) is 1. The molecule has 2 aliphatic heterocycles. The maximum atomic E-state index is 5.78. The molecule has 100 valence electrons. The van der Waals surface area contributed by atoms with E-state index in [1.165, 1.54) is 45.2 Å². The van der Waals surface area contributed by atoms with Crippen molar-refractivity contribution in [2.75, 3.05) is 26.3 Å². The number of rotatable bonds is 1. The predicted molar refractivity (Wildman–Crippen MR) is 69.6 cm³/mol. The van der Waals surface area contributed by atoms with Gasteiger partial charge in [0.15, 0.2) is 5.79 Å². The maximum Gasteiger partial charge on any atom is 0.168 e. The van der Waals surface area contributed by atoms with E-state index >= 15 is 0 Å². The Hall–Kier alpha value is 0.170. The second-order valence-corrected chi connectivity index (χ2v) is 5.44. The molecule has 3 rings (SSSR count). The number of halogens is 1. The van der Waals surface area contributed by atoms with Gasteiger partial charge in [-0.3, -0.25) is 0 Å². The third kappa shape index (κ3) is 2.95. The average molecular weight is 262 g/mol. The van der Waals surface area contributed by atoms with Crippen molar-refractivity contribution in [1.82, 2.24) is 4.90 Å². The van der Waals surface area contributed by atoms with Gasteiger partial charge in [0.2, 0.25) is 0 Å². The molecule has 0 atom stereocenters. The molecule has 2 heterocycles. The minimum Gasteiger partial charge on any atom is -0.348 e. The van der Waals surface area contributed by atoms with Gasteiger partial charge in [0.05, 0.1) is 13.2 Å². The Morgan fingerprint density at radius 2 is 1.47 bits per heavy atom. The Kier molecular flexibility index (Phi) is 4.70. The molecule has 1 saturated carbocycles. The third-order valence-electron chi connectivity index (χ3n) is 4.44. The molecule has 1 aliphatic carbocycles. The van der Waals surface area contributed by atoms with Crippen LogP contribution in [0.5, 0.6) is 0 Å². The fourth-order valence-electron chi connectivity index (χ4n) is 3.48. The lowest BCUT2D eigenvalue weighted by atomic mass is 9.88. The SMILES string of the molecule is C1CCN(C2CCC3(CC2)OCCO3)CC1.Cl. The fraction of sp³-hybridized carbons (Fsp3) is 1.00. The molecule has 17 heavy (non-hydrogen) atoms. The topological polar surface area (TPSA) is 21.7 Å². The summed E-state index contributed by atoms with van der Waals surface area (Å²) in [6, 6.07) is 0.804. The van der Waals surface area contributed by atoms with E-state index in [2.05, 4.69) is 4.90 Å². The minimum atomic E-state index is -0.174. The van der Waals surface area contributed by atoms with Crippen LogP contribution in [0.4, 0.5) is 0 Å². The van der Waals surface area contributed by atoms with Crippen LogP contribution < -0.4 is 0 Å². The van der Waals surface area contributed by atoms with Gasteiger partial charge in [-0.05, 0) is 38.8 Å². The Morgan fingerprint density at radius 3 is 2.06 bits per heavy atom. The summed E-state index contributed by atoms with van der Waals surface area (Å²) in [5.41, 5.74) is 0. The summed E-state index contributed by atoms with van der Waals surface area (Å²) in [5.74, 6) is -0.174. The van der Waals surface area contributed by atoms with Crippen molar-refractivity contribution >= 4 is 12.4 Å². The molecule has 0 aromatic carbocycles. The Morgan fingerprint density at radius 1 is 0.882 bits per heavy atom. The highest BCUT2D eigenvalue weighted by atomic mass is 35.5. The second-order valence-electron chi connectivity index (χ2n) is 5.44. The molecule has 4 heteroatoms. The summed E-state index contributed by atoms with van der Waals surface area (Å²) in [7, 11) is 0. The first-order valence-corrected chi connectivity index (χ1v) is 6.90. The van der Waals surface area contributed by atoms with Crippen LogP contribution in [0.2, 0.25) is 0 Å². The van der Waals surface area contributed by atoms with Crippen molar-refractivity contribution < 1.29 is 9.47 Å². The largest absolute Gasteiger partial charge is 0.348 e. The average Bonchev–Trinajstić information content (AvgIpc) is 2.80. The lowest BCUT2D eigenvalue weighted by Crippen LogP contribution is -2.45. The van der Waals surface area contributed by atoms with Crippen molar-refractivity contribution in [3.8, 4) is 0 Å². The molecule has 0 radical (unpaired) electrons. The summed E-state index contributed by atoms with van der Waals surface area (Å²) < 4.78 is 11.6. The Labute approximate surface area is 110 Å². The van der Waals surface area contributed by atoms with Crippen molar-refractivity contribution in [2.45, 2.75) is 56.8 Å². The molecule has 2 saturated heterocycles. The highest BCUT2D eigenvalue weighted by Gasteiger charge is 2.41. The van der Waals surface area contributed by atoms with Gasteiger partial charge in [-0.25, -0.2) is 0 Å². The predicted octanol–water partition coefficient (Wildman–Crippen LogP) is 2.58. The summed E-state index contributed by atoms with van der Waals surface area (Å²) in [6.07, 6.45) is 8.96. The zero-order valence-electron chi connectivity index (χ0n) is 10.5. The van der Waals surface area contributed by atoms with Gasteiger partial charge >= 0.3 is 0 Å². The van der Waals surface area contributed by atoms with Crippen molar-refractivity contribution in [3.63, 3.8) is 0 Å². The van der Waals surface area contributed by atoms with Crippen LogP contribution in [0.15, 0.2) is 0 Å². The van der Waals surface area contributed by atoms with Gasteiger partial charge in [-0.2, -0.15) is 0 Å². The van der Waals surface area contributed by atoms with Crippen molar-refractivity contribution in [2.24, 2.45) is 0 Å². The van der Waals surface area contributed by atoms with Gasteiger partial charge in [-0.15, -0.1) is 12.4 Å². The summed E-state index contributed by atoms with van der Waals surface area (Å²) in [5, 5.41) is 0.